The number of nitrogens with zero attached hydrogens (tertiary/aromatic N) is 3. The molecule has 0 atom stereocenters. The van der Waals surface area contributed by atoms with Crippen LogP contribution < -0.4 is 10.9 Å². The SMILES string of the molecule is CC(=O)Nc1nc2ncn(COCCOC(C)=O)c2c(=O)[nH]1.O. The zero-order valence-corrected chi connectivity index (χ0v) is 12.6. The number of amides is 1. The Morgan fingerprint density at radius 3 is 2.74 bits per heavy atom. The summed E-state index contributed by atoms with van der Waals surface area (Å²) in [6, 6.07) is 0. The Labute approximate surface area is 129 Å². The van der Waals surface area contributed by atoms with Crippen molar-refractivity contribution in [2.24, 2.45) is 0 Å². The summed E-state index contributed by atoms with van der Waals surface area (Å²) < 4.78 is 11.5. The van der Waals surface area contributed by atoms with E-state index in [-0.39, 0.29) is 54.4 Å². The molecule has 126 valence electrons. The first-order valence-corrected chi connectivity index (χ1v) is 6.41. The molecule has 0 aliphatic rings. The lowest BCUT2D eigenvalue weighted by molar-refractivity contribution is -0.142. The van der Waals surface area contributed by atoms with Crippen molar-refractivity contribution >= 4 is 29.0 Å². The molecule has 11 heteroatoms. The van der Waals surface area contributed by atoms with Crippen LogP contribution in [0.3, 0.4) is 0 Å². The van der Waals surface area contributed by atoms with E-state index in [4.69, 9.17) is 9.47 Å². The molecule has 0 saturated carbocycles. The molecule has 0 spiro atoms. The van der Waals surface area contributed by atoms with Crippen LogP contribution in [0, 0.1) is 0 Å². The molecule has 0 unspecified atom stereocenters. The van der Waals surface area contributed by atoms with Gasteiger partial charge in [0.15, 0.2) is 11.2 Å². The molecular weight excluding hydrogens is 310 g/mol. The van der Waals surface area contributed by atoms with Gasteiger partial charge in [0, 0.05) is 13.8 Å². The standard InChI is InChI=1S/C12H15N5O5.H2O/c1-7(18)14-12-15-10-9(11(20)16-12)17(5-13-10)6-21-3-4-22-8(2)19;/h5H,3-4,6H2,1-2H3,(H2,14,15,16,18,20);1H2. The van der Waals surface area contributed by atoms with E-state index < -0.39 is 5.56 Å². The number of esters is 1. The molecule has 0 aliphatic heterocycles. The van der Waals surface area contributed by atoms with Gasteiger partial charge in [-0.2, -0.15) is 4.98 Å². The van der Waals surface area contributed by atoms with E-state index in [1.807, 2.05) is 0 Å². The number of nitrogens with one attached hydrogen (secondary N) is 2. The summed E-state index contributed by atoms with van der Waals surface area (Å²) in [6.07, 6.45) is 1.40. The van der Waals surface area contributed by atoms with Crippen LogP contribution in [0.4, 0.5) is 5.95 Å². The topological polar surface area (TPSA) is 160 Å². The van der Waals surface area contributed by atoms with E-state index in [2.05, 4.69) is 20.3 Å². The highest BCUT2D eigenvalue weighted by atomic mass is 16.6. The average molecular weight is 327 g/mol. The van der Waals surface area contributed by atoms with Crippen LogP contribution in [0.1, 0.15) is 13.8 Å². The van der Waals surface area contributed by atoms with Crippen molar-refractivity contribution in [1.82, 2.24) is 19.5 Å². The number of hydrogen-bond donors (Lipinski definition) is 2. The third kappa shape index (κ3) is 4.86. The number of aromatic nitrogens is 4. The zero-order valence-electron chi connectivity index (χ0n) is 12.6. The van der Waals surface area contributed by atoms with Crippen LogP contribution in [-0.2, 0) is 25.8 Å². The smallest absolute Gasteiger partial charge is 0.302 e. The molecule has 0 saturated heterocycles. The minimum absolute atomic E-state index is 0. The molecule has 1 amide bonds. The maximum absolute atomic E-state index is 12.0. The first-order chi connectivity index (χ1) is 10.5. The van der Waals surface area contributed by atoms with Crippen molar-refractivity contribution in [3.63, 3.8) is 0 Å². The average Bonchev–Trinajstić information content (AvgIpc) is 2.80. The summed E-state index contributed by atoms with van der Waals surface area (Å²) in [5, 5.41) is 2.38. The fourth-order valence-corrected chi connectivity index (χ4v) is 1.72. The predicted octanol–water partition coefficient (Wildman–Crippen LogP) is -1.21. The van der Waals surface area contributed by atoms with Gasteiger partial charge in [-0.25, -0.2) is 4.98 Å². The number of rotatable bonds is 6. The number of aromatic amines is 1. The largest absolute Gasteiger partial charge is 0.463 e. The van der Waals surface area contributed by atoms with Gasteiger partial charge in [0.25, 0.3) is 5.56 Å². The Hall–Kier alpha value is -2.79. The summed E-state index contributed by atoms with van der Waals surface area (Å²) >= 11 is 0. The number of imidazole rings is 1. The number of hydrogen-bond acceptors (Lipinski definition) is 7. The molecule has 0 bridgehead atoms. The number of fused-ring (bicyclic) bond motifs is 1. The van der Waals surface area contributed by atoms with Crippen molar-refractivity contribution in [1.29, 1.82) is 0 Å². The van der Waals surface area contributed by atoms with Crippen LogP contribution >= 0.6 is 0 Å². The van der Waals surface area contributed by atoms with Crippen LogP contribution in [0.25, 0.3) is 11.2 Å². The number of carbonyl (C=O) groups excluding carboxylic acids is 2. The molecule has 2 aromatic heterocycles. The van der Waals surface area contributed by atoms with Gasteiger partial charge >= 0.3 is 5.97 Å². The van der Waals surface area contributed by atoms with Crippen molar-refractivity contribution in [3.05, 3.63) is 16.7 Å². The van der Waals surface area contributed by atoms with Gasteiger partial charge in [0.05, 0.1) is 12.9 Å². The number of H-pyrrole nitrogens is 1. The Morgan fingerprint density at radius 2 is 2.09 bits per heavy atom. The minimum atomic E-state index is -0.449. The monoisotopic (exact) mass is 327 g/mol. The quantitative estimate of drug-likeness (QED) is 0.497. The molecular formula is C12H17N5O6. The Morgan fingerprint density at radius 1 is 1.35 bits per heavy atom. The second-order valence-electron chi connectivity index (χ2n) is 4.36. The predicted molar refractivity (Wildman–Crippen MR) is 78.7 cm³/mol. The summed E-state index contributed by atoms with van der Waals surface area (Å²) in [4.78, 5) is 44.0. The zero-order chi connectivity index (χ0) is 16.1. The van der Waals surface area contributed by atoms with Crippen LogP contribution in [-0.4, -0.2) is 50.1 Å². The Balaban J connectivity index is 0.00000264. The van der Waals surface area contributed by atoms with E-state index in [1.165, 1.54) is 24.7 Å². The maximum atomic E-state index is 12.0. The minimum Gasteiger partial charge on any atom is -0.463 e. The van der Waals surface area contributed by atoms with Gasteiger partial charge in [0.1, 0.15) is 13.3 Å². The second-order valence-corrected chi connectivity index (χ2v) is 4.36. The fraction of sp³-hybridized carbons (Fsp3) is 0.417. The molecule has 0 radical (unpaired) electrons. The normalized spacial score (nSPS) is 10.2. The maximum Gasteiger partial charge on any atom is 0.302 e. The third-order valence-electron chi connectivity index (χ3n) is 2.54. The highest BCUT2D eigenvalue weighted by Gasteiger charge is 2.11. The van der Waals surface area contributed by atoms with Gasteiger partial charge in [-0.05, 0) is 0 Å². The molecule has 23 heavy (non-hydrogen) atoms. The molecule has 2 heterocycles. The van der Waals surface area contributed by atoms with Crippen LogP contribution in [0.15, 0.2) is 11.1 Å². The van der Waals surface area contributed by atoms with Crippen molar-refractivity contribution in [3.8, 4) is 0 Å². The Bertz CT molecular complexity index is 752. The van der Waals surface area contributed by atoms with Gasteiger partial charge in [-0.3, -0.25) is 24.7 Å². The molecule has 0 aliphatic carbocycles. The van der Waals surface area contributed by atoms with Gasteiger partial charge < -0.3 is 19.5 Å². The lowest BCUT2D eigenvalue weighted by Gasteiger charge is -2.06. The first-order valence-electron chi connectivity index (χ1n) is 6.41. The number of anilines is 1. The van der Waals surface area contributed by atoms with E-state index in [0.717, 1.165) is 0 Å². The molecule has 4 N–H and O–H groups in total. The summed E-state index contributed by atoms with van der Waals surface area (Å²) in [5.74, 6) is -0.704. The van der Waals surface area contributed by atoms with Crippen molar-refractivity contribution in [2.45, 2.75) is 20.6 Å². The number of ether oxygens (including phenoxy) is 2. The van der Waals surface area contributed by atoms with Gasteiger partial charge in [0.2, 0.25) is 11.9 Å². The lowest BCUT2D eigenvalue weighted by atomic mass is 10.5. The summed E-state index contributed by atoms with van der Waals surface area (Å²) in [6.45, 7) is 2.99. The molecule has 11 nitrogen and oxygen atoms in total. The first kappa shape index (κ1) is 18.3. The lowest BCUT2D eigenvalue weighted by Crippen LogP contribution is -2.18. The van der Waals surface area contributed by atoms with Gasteiger partial charge in [-0.1, -0.05) is 0 Å². The molecule has 2 rings (SSSR count). The van der Waals surface area contributed by atoms with E-state index in [1.54, 1.807) is 0 Å². The van der Waals surface area contributed by atoms with Crippen molar-refractivity contribution < 1.29 is 24.5 Å². The third-order valence-corrected chi connectivity index (χ3v) is 2.54. The second kappa shape index (κ2) is 8.00. The highest BCUT2D eigenvalue weighted by molar-refractivity contribution is 5.87. The fourth-order valence-electron chi connectivity index (χ4n) is 1.72. The van der Waals surface area contributed by atoms with E-state index >= 15 is 0 Å². The molecule has 2 aromatic rings. The highest BCUT2D eigenvalue weighted by Crippen LogP contribution is 2.07. The molecule has 0 aromatic carbocycles. The summed E-state index contributed by atoms with van der Waals surface area (Å²) in [5.41, 5.74) is -0.0347. The van der Waals surface area contributed by atoms with E-state index in [0.29, 0.717) is 0 Å². The van der Waals surface area contributed by atoms with Crippen LogP contribution in [0.5, 0.6) is 0 Å². The van der Waals surface area contributed by atoms with E-state index in [9.17, 15) is 14.4 Å². The Kier molecular flexibility index (Phi) is 6.35. The van der Waals surface area contributed by atoms with Crippen molar-refractivity contribution in [2.75, 3.05) is 18.5 Å². The van der Waals surface area contributed by atoms with Gasteiger partial charge in [-0.15, -0.1) is 0 Å². The summed E-state index contributed by atoms with van der Waals surface area (Å²) in [7, 11) is 0. The molecule has 0 fully saturated rings. The van der Waals surface area contributed by atoms with Crippen LogP contribution in [0.2, 0.25) is 0 Å². The number of carbonyl (C=O) groups is 2.